The zero-order valence-corrected chi connectivity index (χ0v) is 9.77. The van der Waals surface area contributed by atoms with E-state index in [4.69, 9.17) is 5.11 Å². The molecule has 1 aromatic carbocycles. The highest BCUT2D eigenvalue weighted by Gasteiger charge is 2.02. The Morgan fingerprint density at radius 2 is 2.27 bits per heavy atom. The molecule has 0 saturated carbocycles. The zero-order chi connectivity index (χ0) is 10.5. The fraction of sp³-hybridized carbons (Fsp3) is 0.300. The third-order valence-corrected chi connectivity index (χ3v) is 3.82. The van der Waals surface area contributed by atoms with Gasteiger partial charge in [0.05, 0.1) is 10.2 Å². The number of aromatic nitrogens is 1. The number of nitrogens with zero attached hydrogens (tertiary/aromatic N) is 1. The lowest BCUT2D eigenvalue weighted by atomic mass is 10.3. The fourth-order valence-electron chi connectivity index (χ4n) is 1.16. The Hall–Kier alpha value is -0.620. The van der Waals surface area contributed by atoms with Gasteiger partial charge in [0.2, 0.25) is 0 Å². The minimum atomic E-state index is 0.230. The molecule has 0 bridgehead atoms. The van der Waals surface area contributed by atoms with Crippen LogP contribution in [0.25, 0.3) is 10.2 Å². The molecule has 0 fully saturated rings. The molecule has 3 nitrogen and oxygen atoms in total. The highest BCUT2D eigenvalue weighted by Crippen LogP contribution is 2.27. The van der Waals surface area contributed by atoms with E-state index in [1.165, 1.54) is 16.6 Å². The van der Waals surface area contributed by atoms with Crippen molar-refractivity contribution in [3.05, 3.63) is 24.3 Å². The number of benzene rings is 1. The van der Waals surface area contributed by atoms with E-state index in [-0.39, 0.29) is 6.61 Å². The summed E-state index contributed by atoms with van der Waals surface area (Å²) in [6, 6.07) is 8.11. The van der Waals surface area contributed by atoms with Crippen LogP contribution in [0.5, 0.6) is 0 Å². The number of para-hydroxylation sites is 1. The van der Waals surface area contributed by atoms with E-state index < -0.39 is 0 Å². The van der Waals surface area contributed by atoms with E-state index in [0.717, 1.165) is 22.8 Å². The Morgan fingerprint density at radius 1 is 1.40 bits per heavy atom. The smallest absolute Gasteiger partial charge is 0.166 e. The molecule has 2 N–H and O–H groups in total. The number of hydrogen-bond acceptors (Lipinski definition) is 5. The van der Waals surface area contributed by atoms with Crippen molar-refractivity contribution in [3.63, 3.8) is 0 Å². The second kappa shape index (κ2) is 5.46. The lowest BCUT2D eigenvalue weighted by Crippen LogP contribution is -2.06. The van der Waals surface area contributed by atoms with Gasteiger partial charge < -0.3 is 5.11 Å². The van der Waals surface area contributed by atoms with Crippen LogP contribution in [0.2, 0.25) is 0 Å². The maximum Gasteiger partial charge on any atom is 0.166 e. The summed E-state index contributed by atoms with van der Waals surface area (Å²) in [5.41, 5.74) is 1.05. The van der Waals surface area contributed by atoms with Gasteiger partial charge in [0.15, 0.2) is 4.34 Å². The molecular weight excluding hydrogens is 228 g/mol. The van der Waals surface area contributed by atoms with Crippen molar-refractivity contribution < 1.29 is 5.11 Å². The molecule has 0 aliphatic carbocycles. The minimum Gasteiger partial charge on any atom is -0.396 e. The molecule has 1 heterocycles. The predicted octanol–water partition coefficient (Wildman–Crippen LogP) is 2.28. The minimum absolute atomic E-state index is 0.230. The maximum atomic E-state index is 8.62. The Morgan fingerprint density at radius 3 is 3.07 bits per heavy atom. The average Bonchev–Trinajstić information content (AvgIpc) is 2.67. The van der Waals surface area contributed by atoms with Gasteiger partial charge in [0, 0.05) is 13.2 Å². The quantitative estimate of drug-likeness (QED) is 0.621. The van der Waals surface area contributed by atoms with E-state index in [1.807, 2.05) is 18.2 Å². The molecule has 80 valence electrons. The van der Waals surface area contributed by atoms with E-state index in [9.17, 15) is 0 Å². The Balaban J connectivity index is 1.97. The molecule has 0 aliphatic rings. The Labute approximate surface area is 96.7 Å². The first-order valence-electron chi connectivity index (χ1n) is 4.76. The summed E-state index contributed by atoms with van der Waals surface area (Å²) in [5.74, 6) is 0. The topological polar surface area (TPSA) is 45.1 Å². The molecule has 5 heteroatoms. The monoisotopic (exact) mass is 240 g/mol. The van der Waals surface area contributed by atoms with Crippen LogP contribution in [0.3, 0.4) is 0 Å². The number of fused-ring (bicyclic) bond motifs is 1. The normalized spacial score (nSPS) is 11.0. The lowest BCUT2D eigenvalue weighted by molar-refractivity contribution is 0.290. The van der Waals surface area contributed by atoms with E-state index in [1.54, 1.807) is 11.3 Å². The molecule has 0 atom stereocenters. The van der Waals surface area contributed by atoms with Crippen molar-refractivity contribution in [2.24, 2.45) is 0 Å². The van der Waals surface area contributed by atoms with Crippen LogP contribution in [0.4, 0.5) is 0 Å². The van der Waals surface area contributed by atoms with E-state index >= 15 is 0 Å². The van der Waals surface area contributed by atoms with Crippen LogP contribution in [0.15, 0.2) is 28.6 Å². The fourth-order valence-corrected chi connectivity index (χ4v) is 2.98. The van der Waals surface area contributed by atoms with Gasteiger partial charge in [0.25, 0.3) is 0 Å². The number of aliphatic hydroxyl groups is 1. The van der Waals surface area contributed by atoms with Crippen LogP contribution in [0.1, 0.15) is 6.42 Å². The van der Waals surface area contributed by atoms with Gasteiger partial charge in [-0.15, -0.1) is 11.3 Å². The van der Waals surface area contributed by atoms with E-state index in [2.05, 4.69) is 15.8 Å². The molecule has 0 radical (unpaired) electrons. The third kappa shape index (κ3) is 2.92. The van der Waals surface area contributed by atoms with Crippen LogP contribution >= 0.6 is 23.3 Å². The summed E-state index contributed by atoms with van der Waals surface area (Å²) in [5, 5.41) is 8.62. The number of thiazole rings is 1. The third-order valence-electron chi connectivity index (χ3n) is 1.87. The highest BCUT2D eigenvalue weighted by atomic mass is 32.2. The molecule has 0 aliphatic heterocycles. The number of aliphatic hydroxyl groups excluding tert-OH is 1. The van der Waals surface area contributed by atoms with Crippen molar-refractivity contribution in [2.75, 3.05) is 13.2 Å². The molecule has 2 aromatic rings. The average molecular weight is 240 g/mol. The van der Waals surface area contributed by atoms with Gasteiger partial charge in [-0.1, -0.05) is 12.1 Å². The molecule has 2 rings (SSSR count). The molecule has 0 saturated heterocycles. The summed E-state index contributed by atoms with van der Waals surface area (Å²) >= 11 is 3.21. The van der Waals surface area contributed by atoms with Crippen molar-refractivity contribution in [1.29, 1.82) is 0 Å². The maximum absolute atomic E-state index is 8.62. The molecule has 15 heavy (non-hydrogen) atoms. The molecule has 0 amide bonds. The summed E-state index contributed by atoms with van der Waals surface area (Å²) < 4.78 is 5.40. The van der Waals surface area contributed by atoms with Gasteiger partial charge in [-0.25, -0.2) is 4.98 Å². The van der Waals surface area contributed by atoms with Crippen LogP contribution in [0, 0.1) is 0 Å². The SMILES string of the molecule is OCCCNSc1nc2ccccc2s1. The van der Waals surface area contributed by atoms with Gasteiger partial charge in [-0.3, -0.25) is 4.72 Å². The summed E-state index contributed by atoms with van der Waals surface area (Å²) in [4.78, 5) is 4.47. The molecule has 1 aromatic heterocycles. The number of nitrogens with one attached hydrogen (secondary N) is 1. The van der Waals surface area contributed by atoms with Crippen LogP contribution in [-0.2, 0) is 0 Å². The highest BCUT2D eigenvalue weighted by molar-refractivity contribution is 7.99. The first-order valence-corrected chi connectivity index (χ1v) is 6.39. The predicted molar refractivity (Wildman–Crippen MR) is 65.2 cm³/mol. The first-order chi connectivity index (χ1) is 7.40. The van der Waals surface area contributed by atoms with Crippen molar-refractivity contribution in [2.45, 2.75) is 10.8 Å². The lowest BCUT2D eigenvalue weighted by Gasteiger charge is -1.97. The number of rotatable bonds is 5. The van der Waals surface area contributed by atoms with E-state index in [0.29, 0.717) is 0 Å². The van der Waals surface area contributed by atoms with Gasteiger partial charge in [-0.2, -0.15) is 0 Å². The molecular formula is C10H12N2OS2. The zero-order valence-electron chi connectivity index (χ0n) is 8.14. The summed E-state index contributed by atoms with van der Waals surface area (Å²) in [6.07, 6.45) is 0.776. The van der Waals surface area contributed by atoms with Crippen LogP contribution < -0.4 is 4.72 Å². The molecule has 0 unspecified atom stereocenters. The Kier molecular flexibility index (Phi) is 3.96. The van der Waals surface area contributed by atoms with Gasteiger partial charge >= 0.3 is 0 Å². The largest absolute Gasteiger partial charge is 0.396 e. The van der Waals surface area contributed by atoms with Gasteiger partial charge in [-0.05, 0) is 30.5 Å². The summed E-state index contributed by atoms with van der Waals surface area (Å²) in [6.45, 7) is 1.03. The van der Waals surface area contributed by atoms with Crippen molar-refractivity contribution >= 4 is 33.5 Å². The Bertz CT molecular complexity index is 397. The summed E-state index contributed by atoms with van der Waals surface area (Å²) in [7, 11) is 0. The van der Waals surface area contributed by atoms with Gasteiger partial charge in [0.1, 0.15) is 0 Å². The van der Waals surface area contributed by atoms with Crippen molar-refractivity contribution in [1.82, 2.24) is 9.71 Å². The van der Waals surface area contributed by atoms with Crippen LogP contribution in [-0.4, -0.2) is 23.2 Å². The second-order valence-electron chi connectivity index (χ2n) is 3.02. The first kappa shape index (κ1) is 10.9. The standard InChI is InChI=1S/C10H12N2OS2/c13-7-3-6-11-15-10-12-8-4-1-2-5-9(8)14-10/h1-2,4-5,11,13H,3,6-7H2. The molecule has 0 spiro atoms. The number of hydrogen-bond donors (Lipinski definition) is 2. The second-order valence-corrected chi connectivity index (χ2v) is 5.19. The van der Waals surface area contributed by atoms with Crippen molar-refractivity contribution in [3.8, 4) is 0 Å².